The van der Waals surface area contributed by atoms with Crippen LogP contribution in [0.1, 0.15) is 11.1 Å². The van der Waals surface area contributed by atoms with E-state index in [0.717, 1.165) is 11.1 Å². The van der Waals surface area contributed by atoms with Gasteiger partial charge >= 0.3 is 0 Å². The molecule has 0 aliphatic carbocycles. The molecule has 0 bridgehead atoms. The predicted octanol–water partition coefficient (Wildman–Crippen LogP) is 4.93. The quantitative estimate of drug-likeness (QED) is 0.570. The Morgan fingerprint density at radius 3 is 1.43 bits per heavy atom. The summed E-state index contributed by atoms with van der Waals surface area (Å²) in [5.74, 6) is -0.553. The topological polar surface area (TPSA) is 9.23 Å². The zero-order chi connectivity index (χ0) is 14.9. The van der Waals surface area contributed by atoms with E-state index in [-0.39, 0.29) is 11.6 Å². The Bertz CT molecular complexity index is 636. The molecule has 3 heteroatoms. The predicted molar refractivity (Wildman–Crippen MR) is 79.0 cm³/mol. The summed E-state index contributed by atoms with van der Waals surface area (Å²) in [5.41, 5.74) is 7.24. The Morgan fingerprint density at radius 1 is 0.667 bits per heavy atom. The van der Waals surface area contributed by atoms with Gasteiger partial charge in [-0.2, -0.15) is 0 Å². The number of hydrogen-bond acceptors (Lipinski definition) is 1. The van der Waals surface area contributed by atoms with Gasteiger partial charge in [0, 0.05) is 0 Å². The molecule has 0 saturated heterocycles. The second-order valence-electron chi connectivity index (χ2n) is 4.10. The van der Waals surface area contributed by atoms with Gasteiger partial charge < -0.3 is 4.74 Å². The molecular formula is C18H12F2O. The maximum Gasteiger partial charge on any atom is 0.133 e. The van der Waals surface area contributed by atoms with Crippen LogP contribution in [0.15, 0.2) is 72.5 Å². The molecule has 0 radical (unpaired) electrons. The highest BCUT2D eigenvalue weighted by Gasteiger charge is 1.88. The van der Waals surface area contributed by atoms with Crippen LogP contribution in [0, 0.1) is 11.6 Å². The number of rotatable bonds is 4. The van der Waals surface area contributed by atoms with Crippen molar-refractivity contribution in [1.29, 1.82) is 0 Å². The van der Waals surface area contributed by atoms with Crippen LogP contribution in [0.2, 0.25) is 0 Å². The van der Waals surface area contributed by atoms with Crippen molar-refractivity contribution in [3.63, 3.8) is 0 Å². The molecule has 0 saturated carbocycles. The fourth-order valence-corrected chi connectivity index (χ4v) is 1.49. The van der Waals surface area contributed by atoms with Gasteiger partial charge in [0.1, 0.15) is 24.2 Å². The number of halogens is 2. The summed E-state index contributed by atoms with van der Waals surface area (Å²) in [6, 6.07) is 12.1. The minimum atomic E-state index is -0.277. The SMILES string of the molecule is Fc1ccc(C=C=COC=C=Cc2ccc(F)cc2)cc1. The molecule has 0 amide bonds. The van der Waals surface area contributed by atoms with Gasteiger partial charge in [-0.15, -0.1) is 0 Å². The average Bonchev–Trinajstić information content (AvgIpc) is 2.50. The summed E-state index contributed by atoms with van der Waals surface area (Å²) in [7, 11) is 0. The van der Waals surface area contributed by atoms with Gasteiger partial charge in [-0.3, -0.25) is 0 Å². The molecule has 104 valence electrons. The van der Waals surface area contributed by atoms with Crippen LogP contribution in [0.5, 0.6) is 0 Å². The lowest BCUT2D eigenvalue weighted by molar-refractivity contribution is 0.405. The van der Waals surface area contributed by atoms with E-state index in [9.17, 15) is 8.78 Å². The summed E-state index contributed by atoms with van der Waals surface area (Å²) < 4.78 is 30.4. The average molecular weight is 282 g/mol. The van der Waals surface area contributed by atoms with Crippen LogP contribution in [0.4, 0.5) is 8.78 Å². The van der Waals surface area contributed by atoms with Crippen LogP contribution in [-0.2, 0) is 4.74 Å². The Kier molecular flexibility index (Phi) is 5.31. The van der Waals surface area contributed by atoms with Gasteiger partial charge in [0.2, 0.25) is 0 Å². The highest BCUT2D eigenvalue weighted by atomic mass is 19.1. The minimum Gasteiger partial charge on any atom is -0.456 e. The van der Waals surface area contributed by atoms with E-state index in [4.69, 9.17) is 4.74 Å². The first kappa shape index (κ1) is 14.5. The monoisotopic (exact) mass is 282 g/mol. The molecule has 0 aromatic heterocycles. The molecule has 0 spiro atoms. The summed E-state index contributed by atoms with van der Waals surface area (Å²) in [6.07, 6.45) is 6.04. The van der Waals surface area contributed by atoms with Crippen molar-refractivity contribution >= 4 is 12.2 Å². The summed E-state index contributed by atoms with van der Waals surface area (Å²) >= 11 is 0. The van der Waals surface area contributed by atoms with E-state index < -0.39 is 0 Å². The molecule has 0 aliphatic heterocycles. The summed E-state index contributed by atoms with van der Waals surface area (Å²) in [4.78, 5) is 0. The smallest absolute Gasteiger partial charge is 0.133 e. The molecule has 0 fully saturated rings. The minimum absolute atomic E-state index is 0.277. The summed E-state index contributed by atoms with van der Waals surface area (Å²) in [5, 5.41) is 0. The van der Waals surface area contributed by atoms with Crippen molar-refractivity contribution in [2.75, 3.05) is 0 Å². The van der Waals surface area contributed by atoms with Gasteiger partial charge in [-0.25, -0.2) is 8.78 Å². The van der Waals surface area contributed by atoms with Crippen molar-refractivity contribution in [2.24, 2.45) is 0 Å². The van der Waals surface area contributed by atoms with Gasteiger partial charge in [0.05, 0.1) is 0 Å². The number of ether oxygens (including phenoxy) is 1. The normalized spacial score (nSPS) is 9.05. The molecule has 0 atom stereocenters. The van der Waals surface area contributed by atoms with Crippen LogP contribution < -0.4 is 0 Å². The third-order valence-corrected chi connectivity index (χ3v) is 2.51. The van der Waals surface area contributed by atoms with E-state index in [1.807, 2.05) is 0 Å². The zero-order valence-corrected chi connectivity index (χ0v) is 11.1. The first-order chi connectivity index (χ1) is 10.2. The first-order valence-corrected chi connectivity index (χ1v) is 6.22. The molecule has 1 nitrogen and oxygen atoms in total. The maximum absolute atomic E-state index is 12.7. The van der Waals surface area contributed by atoms with Gasteiger partial charge in [-0.05, 0) is 47.5 Å². The molecule has 0 unspecified atom stereocenters. The zero-order valence-electron chi connectivity index (χ0n) is 11.1. The van der Waals surface area contributed by atoms with Gasteiger partial charge in [-0.1, -0.05) is 35.7 Å². The van der Waals surface area contributed by atoms with Crippen LogP contribution in [0.25, 0.3) is 12.2 Å². The molecule has 0 aliphatic rings. The van der Waals surface area contributed by atoms with Crippen molar-refractivity contribution in [2.45, 2.75) is 0 Å². The van der Waals surface area contributed by atoms with E-state index >= 15 is 0 Å². The van der Waals surface area contributed by atoms with E-state index in [1.165, 1.54) is 36.8 Å². The molecule has 2 aromatic rings. The summed E-state index contributed by atoms with van der Waals surface area (Å²) in [6.45, 7) is 0. The van der Waals surface area contributed by atoms with Gasteiger partial charge in [0.15, 0.2) is 0 Å². The second kappa shape index (κ2) is 7.66. The van der Waals surface area contributed by atoms with Crippen molar-refractivity contribution in [3.8, 4) is 0 Å². The van der Waals surface area contributed by atoms with Crippen molar-refractivity contribution < 1.29 is 13.5 Å². The Morgan fingerprint density at radius 2 is 1.05 bits per heavy atom. The maximum atomic E-state index is 12.7. The van der Waals surface area contributed by atoms with E-state index in [1.54, 1.807) is 36.4 Å². The fourth-order valence-electron chi connectivity index (χ4n) is 1.49. The Labute approximate surface area is 121 Å². The van der Waals surface area contributed by atoms with E-state index in [2.05, 4.69) is 11.5 Å². The molecular weight excluding hydrogens is 270 g/mol. The third-order valence-electron chi connectivity index (χ3n) is 2.51. The standard InChI is InChI=1S/C18H12F2O/c19-17-9-5-15(6-10-17)3-1-13-21-14-2-4-16-7-11-18(20)12-8-16/h3-14H. The second-order valence-corrected chi connectivity index (χ2v) is 4.10. The fraction of sp³-hybridized carbons (Fsp3) is 0. The molecule has 0 N–H and O–H groups in total. The van der Waals surface area contributed by atoms with Gasteiger partial charge in [0.25, 0.3) is 0 Å². The highest BCUT2D eigenvalue weighted by molar-refractivity contribution is 5.48. The molecule has 2 rings (SSSR count). The van der Waals surface area contributed by atoms with Crippen molar-refractivity contribution in [3.05, 3.63) is 95.3 Å². The number of benzene rings is 2. The first-order valence-electron chi connectivity index (χ1n) is 6.22. The van der Waals surface area contributed by atoms with Crippen molar-refractivity contribution in [1.82, 2.24) is 0 Å². The lowest BCUT2D eigenvalue weighted by Crippen LogP contribution is -1.73. The Hall–Kier alpha value is -2.86. The highest BCUT2D eigenvalue weighted by Crippen LogP contribution is 2.04. The van der Waals surface area contributed by atoms with Crippen LogP contribution >= 0.6 is 0 Å². The Balaban J connectivity index is 1.88. The molecule has 21 heavy (non-hydrogen) atoms. The molecule has 2 aromatic carbocycles. The largest absolute Gasteiger partial charge is 0.456 e. The van der Waals surface area contributed by atoms with E-state index in [0.29, 0.717) is 0 Å². The van der Waals surface area contributed by atoms with Crippen LogP contribution in [-0.4, -0.2) is 0 Å². The lowest BCUT2D eigenvalue weighted by Gasteiger charge is -1.90. The molecule has 0 heterocycles. The number of hydrogen-bond donors (Lipinski definition) is 0. The lowest BCUT2D eigenvalue weighted by atomic mass is 10.2. The van der Waals surface area contributed by atoms with Crippen LogP contribution in [0.3, 0.4) is 0 Å². The third kappa shape index (κ3) is 5.33.